The van der Waals surface area contributed by atoms with Crippen LogP contribution in [-0.2, 0) is 21.2 Å². The number of benzene rings is 3. The summed E-state index contributed by atoms with van der Waals surface area (Å²) in [4.78, 5) is 33.8. The van der Waals surface area contributed by atoms with Crippen LogP contribution >= 0.6 is 35.6 Å². The number of halogens is 3. The number of rotatable bonds is 7. The number of hydrogen-bond donors (Lipinski definition) is 0. The molecular weight excluding hydrogens is 653 g/mol. The fourth-order valence-electron chi connectivity index (χ4n) is 7.23. The Morgan fingerprint density at radius 1 is 0.867 bits per heavy atom. The molecule has 3 aliphatic heterocycles. The molecule has 45 heavy (non-hydrogen) atoms. The normalized spacial score (nSPS) is 21.7. The fraction of sp³-hybridized carbons (Fsp3) is 0.412. The molecule has 3 aromatic rings. The largest absolute Gasteiger partial charge is 0.338 e. The van der Waals surface area contributed by atoms with Crippen molar-refractivity contribution in [1.29, 1.82) is 0 Å². The molecule has 0 bridgehead atoms. The molecule has 2 unspecified atom stereocenters. The number of nitrogens with zero attached hydrogens (tertiary/aromatic N) is 3. The maximum absolute atomic E-state index is 13.7. The predicted octanol–water partition coefficient (Wildman–Crippen LogP) is 6.19. The lowest BCUT2D eigenvalue weighted by Crippen LogP contribution is -2.46. The van der Waals surface area contributed by atoms with Crippen molar-refractivity contribution in [2.45, 2.75) is 36.6 Å². The lowest BCUT2D eigenvalue weighted by Gasteiger charge is -2.39. The van der Waals surface area contributed by atoms with Gasteiger partial charge >= 0.3 is 0 Å². The molecule has 0 saturated carbocycles. The first kappa shape index (κ1) is 33.7. The van der Waals surface area contributed by atoms with Crippen molar-refractivity contribution < 1.29 is 18.0 Å². The van der Waals surface area contributed by atoms with Gasteiger partial charge in [-0.1, -0.05) is 71.7 Å². The van der Waals surface area contributed by atoms with Gasteiger partial charge in [0.05, 0.1) is 25.9 Å². The monoisotopic (exact) mass is 689 g/mol. The second kappa shape index (κ2) is 13.6. The van der Waals surface area contributed by atoms with Gasteiger partial charge in [-0.05, 0) is 73.7 Å². The van der Waals surface area contributed by atoms with Gasteiger partial charge < -0.3 is 14.7 Å². The van der Waals surface area contributed by atoms with E-state index in [0.717, 1.165) is 44.5 Å². The SMILES string of the molecule is CS(=O)(=O)c1ccc(CN2CCC3(CCN(CC4CN(C(=O)c5c(Cl)cccc5Cl)CC4c4ccccc4)CC3)C2=O)cc1.Cl. The molecule has 3 aliphatic rings. The fourth-order valence-corrected chi connectivity index (χ4v) is 8.42. The molecule has 6 rings (SSSR count). The highest BCUT2D eigenvalue weighted by Crippen LogP contribution is 2.43. The van der Waals surface area contributed by atoms with Gasteiger partial charge in [0.15, 0.2) is 9.84 Å². The lowest BCUT2D eigenvalue weighted by molar-refractivity contribution is -0.139. The van der Waals surface area contributed by atoms with E-state index in [0.29, 0.717) is 41.8 Å². The van der Waals surface area contributed by atoms with E-state index < -0.39 is 9.84 Å². The summed E-state index contributed by atoms with van der Waals surface area (Å²) in [6.07, 6.45) is 3.67. The zero-order valence-corrected chi connectivity index (χ0v) is 28.3. The lowest BCUT2D eigenvalue weighted by atomic mass is 9.76. The summed E-state index contributed by atoms with van der Waals surface area (Å²) >= 11 is 12.8. The average Bonchev–Trinajstić information content (AvgIpc) is 3.56. The number of sulfone groups is 1. The zero-order valence-electron chi connectivity index (χ0n) is 25.2. The number of likely N-dealkylation sites (tertiary alicyclic amines) is 3. The number of piperidine rings is 1. The number of hydrogen-bond acceptors (Lipinski definition) is 5. The van der Waals surface area contributed by atoms with Gasteiger partial charge in [-0.3, -0.25) is 9.59 Å². The Balaban J connectivity index is 0.00000400. The molecule has 0 aliphatic carbocycles. The summed E-state index contributed by atoms with van der Waals surface area (Å²) in [5.41, 5.74) is 2.18. The molecule has 0 aromatic heterocycles. The van der Waals surface area contributed by atoms with Crippen molar-refractivity contribution in [3.05, 3.63) is 99.5 Å². The third-order valence-corrected chi connectivity index (χ3v) is 11.5. The highest BCUT2D eigenvalue weighted by molar-refractivity contribution is 7.90. The highest BCUT2D eigenvalue weighted by Gasteiger charge is 2.48. The van der Waals surface area contributed by atoms with Crippen LogP contribution in [0.1, 0.15) is 46.7 Å². The second-order valence-electron chi connectivity index (χ2n) is 12.6. The minimum Gasteiger partial charge on any atom is -0.338 e. The highest BCUT2D eigenvalue weighted by atomic mass is 35.5. The van der Waals surface area contributed by atoms with Crippen LogP contribution in [0, 0.1) is 11.3 Å². The third kappa shape index (κ3) is 7.05. The van der Waals surface area contributed by atoms with Crippen molar-refractivity contribution in [2.75, 3.05) is 45.5 Å². The molecule has 11 heteroatoms. The molecule has 1 spiro atoms. The standard InChI is InChI=1S/C34H37Cl2N3O4S.ClH/c1-44(42,43)27-12-10-24(11-13-27)20-38-19-16-34(33(38)41)14-17-37(18-15-34)21-26-22-39(23-28(26)25-6-3-2-4-7-25)32(40)31-29(35)8-5-9-30(31)36;/h2-13,26,28H,14-23H2,1H3;1H. The van der Waals surface area contributed by atoms with Gasteiger partial charge in [-0.15, -0.1) is 12.4 Å². The van der Waals surface area contributed by atoms with Crippen molar-refractivity contribution in [3.63, 3.8) is 0 Å². The van der Waals surface area contributed by atoms with Crippen molar-refractivity contribution in [3.8, 4) is 0 Å². The Labute approximate surface area is 281 Å². The molecule has 3 fully saturated rings. The van der Waals surface area contributed by atoms with E-state index >= 15 is 0 Å². The van der Waals surface area contributed by atoms with Crippen LogP contribution in [0.15, 0.2) is 77.7 Å². The zero-order chi connectivity index (χ0) is 31.1. The molecule has 3 aromatic carbocycles. The van der Waals surface area contributed by atoms with E-state index in [9.17, 15) is 18.0 Å². The first-order valence-corrected chi connectivity index (χ1v) is 17.8. The molecule has 2 atom stereocenters. The average molecular weight is 691 g/mol. The van der Waals surface area contributed by atoms with E-state index in [1.807, 2.05) is 28.0 Å². The third-order valence-electron chi connectivity index (χ3n) is 9.76. The number of carbonyl (C=O) groups excluding carboxylic acids is 2. The van der Waals surface area contributed by atoms with Gasteiger partial charge in [0, 0.05) is 44.9 Å². The summed E-state index contributed by atoms with van der Waals surface area (Å²) in [5, 5.41) is 0.731. The van der Waals surface area contributed by atoms with Crippen LogP contribution in [0.3, 0.4) is 0 Å². The maximum atomic E-state index is 13.7. The Morgan fingerprint density at radius 3 is 2.11 bits per heavy atom. The van der Waals surface area contributed by atoms with E-state index in [2.05, 4.69) is 17.0 Å². The summed E-state index contributed by atoms with van der Waals surface area (Å²) in [5.74, 6) is 0.502. The van der Waals surface area contributed by atoms with Gasteiger partial charge in [0.1, 0.15) is 0 Å². The number of carbonyl (C=O) groups is 2. The minimum absolute atomic E-state index is 0. The van der Waals surface area contributed by atoms with Crippen LogP contribution in [0.5, 0.6) is 0 Å². The maximum Gasteiger partial charge on any atom is 0.256 e. The Morgan fingerprint density at radius 2 is 1.49 bits per heavy atom. The van der Waals surface area contributed by atoms with Crippen LogP contribution in [0.4, 0.5) is 0 Å². The molecule has 2 amide bonds. The molecular formula is C34H38Cl3N3O4S. The van der Waals surface area contributed by atoms with E-state index in [1.54, 1.807) is 42.5 Å². The Hall–Kier alpha value is -2.62. The van der Waals surface area contributed by atoms with Gasteiger partial charge in [-0.25, -0.2) is 8.42 Å². The van der Waals surface area contributed by atoms with E-state index in [-0.39, 0.29) is 46.4 Å². The smallest absolute Gasteiger partial charge is 0.256 e. The van der Waals surface area contributed by atoms with Gasteiger partial charge in [-0.2, -0.15) is 0 Å². The van der Waals surface area contributed by atoms with Gasteiger partial charge in [0.2, 0.25) is 5.91 Å². The molecule has 7 nitrogen and oxygen atoms in total. The summed E-state index contributed by atoms with van der Waals surface area (Å²) in [6.45, 7) is 4.95. The van der Waals surface area contributed by atoms with Crippen molar-refractivity contribution in [1.82, 2.24) is 14.7 Å². The number of amides is 2. The van der Waals surface area contributed by atoms with Crippen LogP contribution in [0.2, 0.25) is 10.0 Å². The molecule has 3 heterocycles. The Kier molecular flexibility index (Phi) is 10.2. The molecule has 0 radical (unpaired) electrons. The van der Waals surface area contributed by atoms with Gasteiger partial charge in [0.25, 0.3) is 5.91 Å². The molecule has 240 valence electrons. The summed E-state index contributed by atoms with van der Waals surface area (Å²) in [7, 11) is -3.25. The molecule has 3 saturated heterocycles. The predicted molar refractivity (Wildman–Crippen MR) is 180 cm³/mol. The molecule has 0 N–H and O–H groups in total. The van der Waals surface area contributed by atoms with Crippen LogP contribution in [0.25, 0.3) is 0 Å². The first-order chi connectivity index (χ1) is 21.0. The van der Waals surface area contributed by atoms with Crippen LogP contribution in [-0.4, -0.2) is 80.5 Å². The topological polar surface area (TPSA) is 78.0 Å². The van der Waals surface area contributed by atoms with Crippen molar-refractivity contribution >= 4 is 57.3 Å². The van der Waals surface area contributed by atoms with E-state index in [4.69, 9.17) is 23.2 Å². The summed E-state index contributed by atoms with van der Waals surface area (Å²) in [6, 6.07) is 22.4. The first-order valence-electron chi connectivity index (χ1n) is 15.1. The summed E-state index contributed by atoms with van der Waals surface area (Å²) < 4.78 is 23.6. The van der Waals surface area contributed by atoms with Crippen LogP contribution < -0.4 is 0 Å². The quantitative estimate of drug-likeness (QED) is 0.296. The van der Waals surface area contributed by atoms with E-state index in [1.165, 1.54) is 11.8 Å². The van der Waals surface area contributed by atoms with Crippen molar-refractivity contribution in [2.24, 2.45) is 11.3 Å². The second-order valence-corrected chi connectivity index (χ2v) is 15.4. The minimum atomic E-state index is -3.25. The Bertz CT molecular complexity index is 1620.